The van der Waals surface area contributed by atoms with E-state index >= 15 is 0 Å². The van der Waals surface area contributed by atoms with Crippen molar-refractivity contribution in [1.82, 2.24) is 0 Å². The fourth-order valence-corrected chi connectivity index (χ4v) is 3.31. The van der Waals surface area contributed by atoms with Crippen LogP contribution >= 0.6 is 0 Å². The Hall–Kier alpha value is -1.65. The van der Waals surface area contributed by atoms with Crippen LogP contribution in [0.1, 0.15) is 26.3 Å². The number of cyclic esters (lactones) is 1. The van der Waals surface area contributed by atoms with Crippen LogP contribution in [0.2, 0.25) is 18.1 Å². The standard InChI is InChI=1S/C19H26O3Si/c1-19(2,3)23(4,5)22-17(16-13-14-18(20)21-16)12-11-15-9-7-6-8-10-15/h6-14,16-17H,1-5H3/b12-11+/t16-,17-/m1/s1. The van der Waals surface area contributed by atoms with Crippen molar-refractivity contribution in [3.63, 3.8) is 0 Å². The van der Waals surface area contributed by atoms with E-state index in [-0.39, 0.29) is 23.2 Å². The lowest BCUT2D eigenvalue weighted by Crippen LogP contribution is -2.46. The summed E-state index contributed by atoms with van der Waals surface area (Å²) >= 11 is 0. The average Bonchev–Trinajstić information content (AvgIpc) is 2.90. The van der Waals surface area contributed by atoms with E-state index in [1.807, 2.05) is 42.5 Å². The van der Waals surface area contributed by atoms with E-state index in [9.17, 15) is 4.79 Å². The first-order chi connectivity index (χ1) is 10.7. The summed E-state index contributed by atoms with van der Waals surface area (Å²) in [5.74, 6) is -0.299. The zero-order valence-electron chi connectivity index (χ0n) is 14.6. The summed E-state index contributed by atoms with van der Waals surface area (Å²) in [6, 6.07) is 10.1. The van der Waals surface area contributed by atoms with E-state index in [0.717, 1.165) is 5.56 Å². The molecule has 0 amide bonds. The molecule has 0 aliphatic carbocycles. The Morgan fingerprint density at radius 2 is 1.87 bits per heavy atom. The van der Waals surface area contributed by atoms with Crippen molar-refractivity contribution in [3.8, 4) is 0 Å². The Labute approximate surface area is 140 Å². The van der Waals surface area contributed by atoms with Gasteiger partial charge < -0.3 is 9.16 Å². The van der Waals surface area contributed by atoms with Crippen molar-refractivity contribution >= 4 is 20.4 Å². The zero-order chi connectivity index (χ0) is 17.1. The molecule has 2 atom stereocenters. The summed E-state index contributed by atoms with van der Waals surface area (Å²) in [5, 5.41) is 0.0954. The van der Waals surface area contributed by atoms with Crippen LogP contribution in [-0.2, 0) is 14.0 Å². The Morgan fingerprint density at radius 3 is 2.39 bits per heavy atom. The third kappa shape index (κ3) is 4.66. The van der Waals surface area contributed by atoms with Gasteiger partial charge in [0.25, 0.3) is 0 Å². The summed E-state index contributed by atoms with van der Waals surface area (Å²) in [6.45, 7) is 11.0. The number of carbonyl (C=O) groups excluding carboxylic acids is 1. The molecule has 0 spiro atoms. The van der Waals surface area contributed by atoms with Gasteiger partial charge in [0, 0.05) is 6.08 Å². The van der Waals surface area contributed by atoms with Crippen molar-refractivity contribution in [1.29, 1.82) is 0 Å². The van der Waals surface area contributed by atoms with Crippen LogP contribution in [0.3, 0.4) is 0 Å². The Balaban J connectivity index is 2.20. The van der Waals surface area contributed by atoms with E-state index in [1.54, 1.807) is 6.08 Å². The van der Waals surface area contributed by atoms with Crippen molar-refractivity contribution in [2.75, 3.05) is 0 Å². The van der Waals surface area contributed by atoms with Crippen molar-refractivity contribution < 1.29 is 14.0 Å². The number of hydrogen-bond acceptors (Lipinski definition) is 3. The average molecular weight is 331 g/mol. The maximum Gasteiger partial charge on any atom is 0.331 e. The lowest BCUT2D eigenvalue weighted by molar-refractivity contribution is -0.141. The fraction of sp³-hybridized carbons (Fsp3) is 0.421. The van der Waals surface area contributed by atoms with E-state index < -0.39 is 8.32 Å². The van der Waals surface area contributed by atoms with Gasteiger partial charge in [0.15, 0.2) is 8.32 Å². The molecule has 0 radical (unpaired) electrons. The second kappa shape index (κ2) is 6.85. The molecule has 0 aromatic heterocycles. The van der Waals surface area contributed by atoms with Gasteiger partial charge in [-0.3, -0.25) is 0 Å². The number of ether oxygens (including phenoxy) is 1. The van der Waals surface area contributed by atoms with Crippen LogP contribution in [0, 0.1) is 0 Å². The molecule has 0 unspecified atom stereocenters. The Morgan fingerprint density at radius 1 is 1.22 bits per heavy atom. The zero-order valence-corrected chi connectivity index (χ0v) is 15.6. The normalized spacial score (nSPS) is 20.0. The van der Waals surface area contributed by atoms with Crippen molar-refractivity contribution in [2.24, 2.45) is 0 Å². The molecule has 0 fully saturated rings. The van der Waals surface area contributed by atoms with Crippen LogP contribution in [-0.4, -0.2) is 26.5 Å². The lowest BCUT2D eigenvalue weighted by atomic mass is 10.1. The SMILES string of the molecule is CC(C)(C)[Si](C)(C)O[C@H](/C=C/c1ccccc1)[C@H]1C=CC(=O)O1. The first-order valence-corrected chi connectivity index (χ1v) is 10.9. The minimum absolute atomic E-state index is 0.0954. The molecular formula is C19H26O3Si. The second-order valence-electron chi connectivity index (χ2n) is 7.37. The minimum Gasteiger partial charge on any atom is -0.452 e. The predicted octanol–water partition coefficient (Wildman–Crippen LogP) is 4.57. The second-order valence-corrected chi connectivity index (χ2v) is 12.1. The molecule has 2 rings (SSSR count). The van der Waals surface area contributed by atoms with Gasteiger partial charge in [0.05, 0.1) is 0 Å². The summed E-state index contributed by atoms with van der Waals surface area (Å²) in [7, 11) is -1.97. The molecule has 1 aliphatic heterocycles. The molecule has 124 valence electrons. The van der Waals surface area contributed by atoms with E-state index in [2.05, 4.69) is 33.9 Å². The smallest absolute Gasteiger partial charge is 0.331 e. The molecular weight excluding hydrogens is 304 g/mol. The molecule has 0 saturated carbocycles. The highest BCUT2D eigenvalue weighted by atomic mass is 28.4. The Bertz CT molecular complexity index is 597. The molecule has 1 aromatic carbocycles. The monoisotopic (exact) mass is 330 g/mol. The van der Waals surface area contributed by atoms with Gasteiger partial charge in [-0.15, -0.1) is 0 Å². The molecule has 0 saturated heterocycles. The van der Waals surface area contributed by atoms with Gasteiger partial charge in [-0.2, -0.15) is 0 Å². The molecule has 3 nitrogen and oxygen atoms in total. The number of carbonyl (C=O) groups is 1. The van der Waals surface area contributed by atoms with Crippen molar-refractivity contribution in [2.45, 2.75) is 51.1 Å². The quantitative estimate of drug-likeness (QED) is 0.586. The fourth-order valence-electron chi connectivity index (χ4n) is 2.07. The van der Waals surface area contributed by atoms with Gasteiger partial charge >= 0.3 is 5.97 Å². The van der Waals surface area contributed by atoms with Gasteiger partial charge in [-0.05, 0) is 29.8 Å². The molecule has 1 heterocycles. The van der Waals surface area contributed by atoms with E-state index in [1.165, 1.54) is 6.08 Å². The topological polar surface area (TPSA) is 35.5 Å². The predicted molar refractivity (Wildman–Crippen MR) is 96.6 cm³/mol. The largest absolute Gasteiger partial charge is 0.452 e. The highest BCUT2D eigenvalue weighted by molar-refractivity contribution is 6.74. The van der Waals surface area contributed by atoms with Crippen LogP contribution in [0.4, 0.5) is 0 Å². The van der Waals surface area contributed by atoms with E-state index in [4.69, 9.17) is 9.16 Å². The summed E-state index contributed by atoms with van der Waals surface area (Å²) in [4.78, 5) is 11.4. The van der Waals surface area contributed by atoms with Gasteiger partial charge in [0.1, 0.15) is 12.2 Å². The number of benzene rings is 1. The summed E-state index contributed by atoms with van der Waals surface area (Å²) in [6.07, 6.45) is 6.68. The number of rotatable bonds is 5. The van der Waals surface area contributed by atoms with Crippen LogP contribution in [0.25, 0.3) is 6.08 Å². The third-order valence-electron chi connectivity index (χ3n) is 4.51. The number of esters is 1. The molecule has 23 heavy (non-hydrogen) atoms. The van der Waals surface area contributed by atoms with Gasteiger partial charge in [-0.1, -0.05) is 63.3 Å². The van der Waals surface area contributed by atoms with Gasteiger partial charge in [0.2, 0.25) is 0 Å². The van der Waals surface area contributed by atoms with Crippen LogP contribution < -0.4 is 0 Å². The highest BCUT2D eigenvalue weighted by Crippen LogP contribution is 2.38. The van der Waals surface area contributed by atoms with Crippen LogP contribution in [0.5, 0.6) is 0 Å². The summed E-state index contributed by atoms with van der Waals surface area (Å²) in [5.41, 5.74) is 1.10. The number of hydrogen-bond donors (Lipinski definition) is 0. The first kappa shape index (κ1) is 17.7. The highest BCUT2D eigenvalue weighted by Gasteiger charge is 2.41. The minimum atomic E-state index is -1.97. The maximum atomic E-state index is 11.4. The first-order valence-electron chi connectivity index (χ1n) is 7.99. The Kier molecular flexibility index (Phi) is 5.27. The molecule has 4 heteroatoms. The third-order valence-corrected chi connectivity index (χ3v) is 8.99. The molecule has 0 N–H and O–H groups in total. The summed E-state index contributed by atoms with van der Waals surface area (Å²) < 4.78 is 11.8. The lowest BCUT2D eigenvalue weighted by Gasteiger charge is -2.39. The molecule has 1 aliphatic rings. The van der Waals surface area contributed by atoms with Gasteiger partial charge in [-0.25, -0.2) is 4.79 Å². The molecule has 0 bridgehead atoms. The molecule has 1 aromatic rings. The van der Waals surface area contributed by atoms with Crippen LogP contribution in [0.15, 0.2) is 48.6 Å². The van der Waals surface area contributed by atoms with E-state index in [0.29, 0.717) is 0 Å². The maximum absolute atomic E-state index is 11.4. The van der Waals surface area contributed by atoms with Crippen molar-refractivity contribution in [3.05, 3.63) is 54.1 Å².